The Morgan fingerprint density at radius 3 is 2.50 bits per heavy atom. The van der Waals surface area contributed by atoms with E-state index in [1.54, 1.807) is 19.4 Å². The Labute approximate surface area is 75.0 Å². The van der Waals surface area contributed by atoms with Crippen molar-refractivity contribution >= 4 is 10.8 Å². The second-order valence-corrected chi connectivity index (χ2v) is 4.02. The van der Waals surface area contributed by atoms with E-state index in [-0.39, 0.29) is 0 Å². The van der Waals surface area contributed by atoms with Crippen LogP contribution in [0.3, 0.4) is 0 Å². The summed E-state index contributed by atoms with van der Waals surface area (Å²) in [7, 11) is 0.677. The molecule has 0 amide bonds. The molecule has 0 aliphatic heterocycles. The van der Waals surface area contributed by atoms with Gasteiger partial charge in [-0.3, -0.25) is 4.21 Å². The number of rotatable bonds is 2. The van der Waals surface area contributed by atoms with Gasteiger partial charge in [0.2, 0.25) is 0 Å². The third-order valence-corrected chi connectivity index (χ3v) is 2.49. The first-order chi connectivity index (χ1) is 5.63. The highest BCUT2D eigenvalue weighted by Crippen LogP contribution is 2.18. The van der Waals surface area contributed by atoms with Crippen LogP contribution in [0.5, 0.6) is 5.75 Å². The maximum Gasteiger partial charge on any atom is 0.120 e. The molecule has 0 saturated carbocycles. The molecule has 0 saturated heterocycles. The Morgan fingerprint density at radius 1 is 1.33 bits per heavy atom. The summed E-state index contributed by atoms with van der Waals surface area (Å²) in [5.41, 5.74) is 1.07. The average Bonchev–Trinajstić information content (AvgIpc) is 2.03. The van der Waals surface area contributed by atoms with Gasteiger partial charge >= 0.3 is 0 Å². The smallest absolute Gasteiger partial charge is 0.120 e. The monoisotopic (exact) mass is 184 g/mol. The molecule has 0 fully saturated rings. The van der Waals surface area contributed by atoms with Crippen LogP contribution in [-0.4, -0.2) is 17.6 Å². The molecule has 1 aromatic rings. The maximum absolute atomic E-state index is 11.1. The number of aryl methyl sites for hydroxylation is 1. The first-order valence-electron chi connectivity index (χ1n) is 3.62. The predicted octanol–water partition coefficient (Wildman–Crippen LogP) is 1.74. The SMILES string of the molecule is COc1cc(C)cc(S(C)=O)c1. The van der Waals surface area contributed by atoms with E-state index in [2.05, 4.69) is 0 Å². The highest BCUT2D eigenvalue weighted by atomic mass is 32.2. The summed E-state index contributed by atoms with van der Waals surface area (Å²) in [4.78, 5) is 0.812. The van der Waals surface area contributed by atoms with E-state index in [9.17, 15) is 4.21 Å². The molecule has 66 valence electrons. The highest BCUT2D eigenvalue weighted by Gasteiger charge is 2.00. The van der Waals surface area contributed by atoms with E-state index in [1.807, 2.05) is 19.1 Å². The fourth-order valence-electron chi connectivity index (χ4n) is 0.998. The molecule has 1 aromatic carbocycles. The summed E-state index contributed by atoms with van der Waals surface area (Å²) in [6.45, 7) is 1.96. The van der Waals surface area contributed by atoms with Crippen molar-refractivity contribution in [1.29, 1.82) is 0 Å². The van der Waals surface area contributed by atoms with E-state index in [0.717, 1.165) is 16.2 Å². The van der Waals surface area contributed by atoms with Crippen LogP contribution >= 0.6 is 0 Å². The Bertz CT molecular complexity index is 307. The standard InChI is InChI=1S/C9H12O2S/c1-7-4-8(11-2)6-9(5-7)12(3)10/h4-6H,1-3H3. The van der Waals surface area contributed by atoms with Crippen molar-refractivity contribution in [3.8, 4) is 5.75 Å². The Hall–Kier alpha value is -0.830. The number of hydrogen-bond acceptors (Lipinski definition) is 2. The summed E-state index contributed by atoms with van der Waals surface area (Å²) in [5, 5.41) is 0. The number of ether oxygens (including phenoxy) is 1. The van der Waals surface area contributed by atoms with Gasteiger partial charge in [0, 0.05) is 22.0 Å². The van der Waals surface area contributed by atoms with Crippen molar-refractivity contribution in [1.82, 2.24) is 0 Å². The van der Waals surface area contributed by atoms with E-state index in [1.165, 1.54) is 0 Å². The number of benzene rings is 1. The van der Waals surface area contributed by atoms with Gasteiger partial charge in [0.25, 0.3) is 0 Å². The molecular weight excluding hydrogens is 172 g/mol. The zero-order valence-corrected chi connectivity index (χ0v) is 8.27. The first kappa shape index (κ1) is 9.26. The summed E-state index contributed by atoms with van der Waals surface area (Å²) < 4.78 is 16.2. The molecule has 0 radical (unpaired) electrons. The van der Waals surface area contributed by atoms with Gasteiger partial charge < -0.3 is 4.74 Å². The highest BCUT2D eigenvalue weighted by molar-refractivity contribution is 7.84. The average molecular weight is 184 g/mol. The topological polar surface area (TPSA) is 26.3 Å². The van der Waals surface area contributed by atoms with Crippen LogP contribution in [0.1, 0.15) is 5.56 Å². The molecule has 0 aliphatic carbocycles. The van der Waals surface area contributed by atoms with Gasteiger partial charge in [-0.1, -0.05) is 0 Å². The third-order valence-electron chi connectivity index (χ3n) is 1.59. The lowest BCUT2D eigenvalue weighted by atomic mass is 10.2. The molecule has 1 atom stereocenters. The molecule has 0 aromatic heterocycles. The molecular formula is C9H12O2S. The van der Waals surface area contributed by atoms with Gasteiger partial charge in [-0.2, -0.15) is 0 Å². The van der Waals surface area contributed by atoms with Gasteiger partial charge in [0.15, 0.2) is 0 Å². The number of methoxy groups -OCH3 is 1. The van der Waals surface area contributed by atoms with Crippen LogP contribution in [0.25, 0.3) is 0 Å². The fourth-order valence-corrected chi connectivity index (χ4v) is 1.63. The molecule has 0 heterocycles. The van der Waals surface area contributed by atoms with Crippen molar-refractivity contribution in [3.63, 3.8) is 0 Å². The minimum absolute atomic E-state index is 0.764. The zero-order valence-electron chi connectivity index (χ0n) is 7.46. The molecule has 0 aliphatic rings. The van der Waals surface area contributed by atoms with Gasteiger partial charge in [-0.25, -0.2) is 0 Å². The number of hydrogen-bond donors (Lipinski definition) is 0. The molecule has 0 N–H and O–H groups in total. The molecule has 0 bridgehead atoms. The second-order valence-electron chi connectivity index (χ2n) is 2.64. The lowest BCUT2D eigenvalue weighted by molar-refractivity contribution is 0.413. The van der Waals surface area contributed by atoms with Crippen LogP contribution < -0.4 is 4.74 Å². The van der Waals surface area contributed by atoms with Crippen LogP contribution in [0.4, 0.5) is 0 Å². The molecule has 0 spiro atoms. The summed E-state index contributed by atoms with van der Waals surface area (Å²) in [5.74, 6) is 0.764. The van der Waals surface area contributed by atoms with Crippen LogP contribution in [0, 0.1) is 6.92 Å². The minimum Gasteiger partial charge on any atom is -0.497 e. The lowest BCUT2D eigenvalue weighted by Crippen LogP contribution is -1.91. The van der Waals surface area contributed by atoms with E-state index in [0.29, 0.717) is 0 Å². The quantitative estimate of drug-likeness (QED) is 0.700. The molecule has 1 unspecified atom stereocenters. The molecule has 2 nitrogen and oxygen atoms in total. The zero-order chi connectivity index (χ0) is 9.14. The molecule has 1 rings (SSSR count). The van der Waals surface area contributed by atoms with Crippen LogP contribution in [-0.2, 0) is 10.8 Å². The largest absolute Gasteiger partial charge is 0.497 e. The maximum atomic E-state index is 11.1. The summed E-state index contributed by atoms with van der Waals surface area (Å²) in [6.07, 6.45) is 1.66. The molecule has 12 heavy (non-hydrogen) atoms. The Morgan fingerprint density at radius 2 is 2.00 bits per heavy atom. The predicted molar refractivity (Wildman–Crippen MR) is 50.1 cm³/mol. The van der Waals surface area contributed by atoms with Crippen LogP contribution in [0.2, 0.25) is 0 Å². The van der Waals surface area contributed by atoms with Gasteiger partial charge in [-0.05, 0) is 30.7 Å². The molecule has 3 heteroatoms. The minimum atomic E-state index is -0.931. The van der Waals surface area contributed by atoms with Gasteiger partial charge in [0.05, 0.1) is 7.11 Å². The van der Waals surface area contributed by atoms with E-state index in [4.69, 9.17) is 4.74 Å². The summed E-state index contributed by atoms with van der Waals surface area (Å²) >= 11 is 0. The van der Waals surface area contributed by atoms with Gasteiger partial charge in [0.1, 0.15) is 5.75 Å². The Kier molecular flexibility index (Phi) is 2.87. The van der Waals surface area contributed by atoms with Crippen molar-refractivity contribution in [2.75, 3.05) is 13.4 Å². The van der Waals surface area contributed by atoms with Crippen molar-refractivity contribution in [2.45, 2.75) is 11.8 Å². The van der Waals surface area contributed by atoms with E-state index >= 15 is 0 Å². The first-order valence-corrected chi connectivity index (χ1v) is 5.18. The van der Waals surface area contributed by atoms with Crippen molar-refractivity contribution < 1.29 is 8.95 Å². The van der Waals surface area contributed by atoms with Crippen LogP contribution in [0.15, 0.2) is 23.1 Å². The second kappa shape index (κ2) is 3.72. The summed E-state index contributed by atoms with van der Waals surface area (Å²) in [6, 6.07) is 5.61. The normalized spacial score (nSPS) is 12.6. The van der Waals surface area contributed by atoms with Crippen molar-refractivity contribution in [3.05, 3.63) is 23.8 Å². The third kappa shape index (κ3) is 2.08. The van der Waals surface area contributed by atoms with Crippen molar-refractivity contribution in [2.24, 2.45) is 0 Å². The Balaban J connectivity index is 3.15. The van der Waals surface area contributed by atoms with Gasteiger partial charge in [-0.15, -0.1) is 0 Å². The fraction of sp³-hybridized carbons (Fsp3) is 0.333. The van der Waals surface area contributed by atoms with E-state index < -0.39 is 10.8 Å². The lowest BCUT2D eigenvalue weighted by Gasteiger charge is -2.03.